The molecule has 7 heteroatoms. The fourth-order valence-electron chi connectivity index (χ4n) is 2.66. The van der Waals surface area contributed by atoms with E-state index in [9.17, 15) is 14.0 Å². The smallest absolute Gasteiger partial charge is 0.267 e. The Kier molecular flexibility index (Phi) is 5.84. The Morgan fingerprint density at radius 3 is 2.46 bits per heavy atom. The van der Waals surface area contributed by atoms with Crippen LogP contribution in [0.5, 0.6) is 0 Å². The molecule has 0 saturated heterocycles. The van der Waals surface area contributed by atoms with Gasteiger partial charge >= 0.3 is 0 Å². The highest BCUT2D eigenvalue weighted by Crippen LogP contribution is 2.29. The third kappa shape index (κ3) is 4.26. The summed E-state index contributed by atoms with van der Waals surface area (Å²) in [5.74, 6) is -0.803. The van der Waals surface area contributed by atoms with Gasteiger partial charge in [-0.15, -0.1) is 11.3 Å². The molecule has 28 heavy (non-hydrogen) atoms. The van der Waals surface area contributed by atoms with Crippen LogP contribution in [0.25, 0.3) is 10.6 Å². The highest BCUT2D eigenvalue weighted by molar-refractivity contribution is 7.17. The van der Waals surface area contributed by atoms with Crippen molar-refractivity contribution in [1.29, 1.82) is 0 Å². The minimum absolute atomic E-state index is 0.189. The zero-order valence-electron chi connectivity index (χ0n) is 15.8. The van der Waals surface area contributed by atoms with Crippen LogP contribution in [0.4, 0.5) is 10.1 Å². The summed E-state index contributed by atoms with van der Waals surface area (Å²) >= 11 is 1.25. The normalized spacial score (nSPS) is 10.6. The average Bonchev–Trinajstić information content (AvgIpc) is 3.06. The number of amides is 2. The molecule has 144 valence electrons. The predicted octanol–water partition coefficient (Wildman–Crippen LogP) is 4.57. The van der Waals surface area contributed by atoms with Crippen molar-refractivity contribution in [1.82, 2.24) is 10.3 Å². The number of carbonyl (C=O) groups is 2. The van der Waals surface area contributed by atoms with Gasteiger partial charge in [-0.25, -0.2) is 9.37 Å². The third-order valence-corrected chi connectivity index (χ3v) is 5.38. The second-order valence-corrected chi connectivity index (χ2v) is 7.28. The topological polar surface area (TPSA) is 71.1 Å². The van der Waals surface area contributed by atoms with Crippen LogP contribution >= 0.6 is 11.3 Å². The molecule has 0 aliphatic heterocycles. The van der Waals surface area contributed by atoms with Gasteiger partial charge in [0.05, 0.1) is 5.69 Å². The number of hydrogen-bond acceptors (Lipinski definition) is 4. The van der Waals surface area contributed by atoms with Crippen LogP contribution in [0.15, 0.2) is 42.5 Å². The molecule has 2 aromatic carbocycles. The lowest BCUT2D eigenvalue weighted by Crippen LogP contribution is -2.23. The first-order valence-corrected chi connectivity index (χ1v) is 9.64. The maximum atomic E-state index is 13.1. The number of anilines is 1. The van der Waals surface area contributed by atoms with Crippen LogP contribution in [-0.2, 0) is 0 Å². The number of aromatic nitrogens is 1. The van der Waals surface area contributed by atoms with Crippen molar-refractivity contribution < 1.29 is 14.0 Å². The summed E-state index contributed by atoms with van der Waals surface area (Å²) in [6, 6.07) is 11.2. The second-order valence-electron chi connectivity index (χ2n) is 6.28. The quantitative estimate of drug-likeness (QED) is 0.663. The number of thiazole rings is 1. The van der Waals surface area contributed by atoms with Crippen LogP contribution in [0.1, 0.15) is 38.2 Å². The predicted molar refractivity (Wildman–Crippen MR) is 109 cm³/mol. The van der Waals surface area contributed by atoms with E-state index < -0.39 is 0 Å². The molecule has 5 nitrogen and oxygen atoms in total. The van der Waals surface area contributed by atoms with E-state index in [0.29, 0.717) is 33.4 Å². The van der Waals surface area contributed by atoms with Crippen LogP contribution in [0.2, 0.25) is 0 Å². The SMILES string of the molecule is CCNC(=O)c1ccc(C)c(NC(=O)c2sc(-c3ccc(F)cc3)nc2C)c1. The molecule has 3 rings (SSSR count). The van der Waals surface area contributed by atoms with Crippen molar-refractivity contribution in [2.24, 2.45) is 0 Å². The minimum atomic E-state index is -0.322. The zero-order valence-corrected chi connectivity index (χ0v) is 16.6. The fourth-order valence-corrected chi connectivity index (χ4v) is 3.63. The van der Waals surface area contributed by atoms with Gasteiger partial charge in [0.2, 0.25) is 0 Å². The standard InChI is InChI=1S/C21H20FN3O2S/c1-4-23-19(26)15-6-5-12(2)17(11-15)25-20(27)18-13(3)24-21(28-18)14-7-9-16(22)10-8-14/h5-11H,4H2,1-3H3,(H,23,26)(H,25,27). The number of hydrogen-bond donors (Lipinski definition) is 2. The summed E-state index contributed by atoms with van der Waals surface area (Å²) in [5, 5.41) is 6.26. The van der Waals surface area contributed by atoms with E-state index in [1.165, 1.54) is 23.5 Å². The molecule has 2 amide bonds. The van der Waals surface area contributed by atoms with Crippen molar-refractivity contribution in [3.63, 3.8) is 0 Å². The molecule has 0 radical (unpaired) electrons. The third-order valence-electron chi connectivity index (χ3n) is 4.18. The largest absolute Gasteiger partial charge is 0.352 e. The van der Waals surface area contributed by atoms with Gasteiger partial charge < -0.3 is 10.6 Å². The first-order chi connectivity index (χ1) is 13.4. The van der Waals surface area contributed by atoms with Crippen LogP contribution in [0.3, 0.4) is 0 Å². The van der Waals surface area contributed by atoms with Gasteiger partial charge in [-0.05, 0) is 62.7 Å². The highest BCUT2D eigenvalue weighted by atomic mass is 32.1. The van der Waals surface area contributed by atoms with Crippen molar-refractivity contribution >= 4 is 28.8 Å². The first kappa shape index (κ1) is 19.7. The molecule has 0 bridgehead atoms. The van der Waals surface area contributed by atoms with Gasteiger partial charge in [-0.2, -0.15) is 0 Å². The van der Waals surface area contributed by atoms with Gasteiger partial charge in [0, 0.05) is 23.4 Å². The molecule has 0 aliphatic carbocycles. The maximum Gasteiger partial charge on any atom is 0.267 e. The van der Waals surface area contributed by atoms with Crippen molar-refractivity contribution in [2.75, 3.05) is 11.9 Å². The molecule has 0 unspecified atom stereocenters. The summed E-state index contributed by atoms with van der Waals surface area (Å²) in [4.78, 5) is 29.7. The molecular weight excluding hydrogens is 377 g/mol. The molecule has 1 aromatic heterocycles. The van der Waals surface area contributed by atoms with Crippen molar-refractivity contribution in [3.05, 3.63) is 70.0 Å². The lowest BCUT2D eigenvalue weighted by molar-refractivity contribution is 0.0954. The van der Waals surface area contributed by atoms with Crippen LogP contribution in [-0.4, -0.2) is 23.3 Å². The average molecular weight is 397 g/mol. The molecular formula is C21H20FN3O2S. The molecule has 0 saturated carbocycles. The summed E-state index contributed by atoms with van der Waals surface area (Å²) in [5.41, 5.74) is 3.25. The second kappa shape index (κ2) is 8.31. The molecule has 0 aliphatic rings. The van der Waals surface area contributed by atoms with E-state index >= 15 is 0 Å². The minimum Gasteiger partial charge on any atom is -0.352 e. The molecule has 3 aromatic rings. The summed E-state index contributed by atoms with van der Waals surface area (Å²) in [7, 11) is 0. The fraction of sp³-hybridized carbons (Fsp3) is 0.190. The van der Waals surface area contributed by atoms with E-state index in [0.717, 1.165) is 11.1 Å². The molecule has 0 spiro atoms. The molecule has 1 heterocycles. The van der Waals surface area contributed by atoms with Crippen molar-refractivity contribution in [2.45, 2.75) is 20.8 Å². The van der Waals surface area contributed by atoms with E-state index in [2.05, 4.69) is 15.6 Å². The summed E-state index contributed by atoms with van der Waals surface area (Å²) < 4.78 is 13.1. The Morgan fingerprint density at radius 2 is 1.79 bits per heavy atom. The Morgan fingerprint density at radius 1 is 1.07 bits per heavy atom. The lowest BCUT2D eigenvalue weighted by Gasteiger charge is -2.10. The number of nitrogens with zero attached hydrogens (tertiary/aromatic N) is 1. The number of carbonyl (C=O) groups excluding carboxylic acids is 2. The zero-order chi connectivity index (χ0) is 20.3. The van der Waals surface area contributed by atoms with Gasteiger partial charge in [0.15, 0.2) is 0 Å². The van der Waals surface area contributed by atoms with Gasteiger partial charge in [0.1, 0.15) is 15.7 Å². The van der Waals surface area contributed by atoms with Crippen LogP contribution < -0.4 is 10.6 Å². The van der Waals surface area contributed by atoms with Gasteiger partial charge in [0.25, 0.3) is 11.8 Å². The summed E-state index contributed by atoms with van der Waals surface area (Å²) in [6.45, 7) is 6.00. The first-order valence-electron chi connectivity index (χ1n) is 8.82. The van der Waals surface area contributed by atoms with E-state index in [4.69, 9.17) is 0 Å². The monoisotopic (exact) mass is 397 g/mol. The Balaban J connectivity index is 1.84. The highest BCUT2D eigenvalue weighted by Gasteiger charge is 2.18. The van der Waals surface area contributed by atoms with Crippen LogP contribution in [0, 0.1) is 19.7 Å². The van der Waals surface area contributed by atoms with Gasteiger partial charge in [-0.3, -0.25) is 9.59 Å². The number of aryl methyl sites for hydroxylation is 2. The van der Waals surface area contributed by atoms with E-state index in [1.807, 2.05) is 13.8 Å². The number of benzene rings is 2. The van der Waals surface area contributed by atoms with Crippen molar-refractivity contribution in [3.8, 4) is 10.6 Å². The molecule has 2 N–H and O–H groups in total. The molecule has 0 fully saturated rings. The van der Waals surface area contributed by atoms with Gasteiger partial charge in [-0.1, -0.05) is 6.07 Å². The summed E-state index contributed by atoms with van der Waals surface area (Å²) in [6.07, 6.45) is 0. The lowest BCUT2D eigenvalue weighted by atomic mass is 10.1. The number of rotatable bonds is 5. The number of nitrogens with one attached hydrogen (secondary N) is 2. The molecule has 0 atom stereocenters. The van der Waals surface area contributed by atoms with E-state index in [-0.39, 0.29) is 17.6 Å². The Hall–Kier alpha value is -3.06. The maximum absolute atomic E-state index is 13.1. The van der Waals surface area contributed by atoms with E-state index in [1.54, 1.807) is 37.3 Å². The number of halogens is 1. The Labute approximate surface area is 166 Å². The Bertz CT molecular complexity index is 1030.